The molecule has 0 saturated heterocycles. The van der Waals surface area contributed by atoms with E-state index in [2.05, 4.69) is 52.7 Å². The van der Waals surface area contributed by atoms with Crippen LogP contribution >= 0.6 is 0 Å². The van der Waals surface area contributed by atoms with E-state index in [1.807, 2.05) is 6.07 Å². The zero-order valence-corrected chi connectivity index (χ0v) is 13.7. The van der Waals surface area contributed by atoms with Crippen molar-refractivity contribution in [1.82, 2.24) is 20.0 Å². The van der Waals surface area contributed by atoms with Gasteiger partial charge in [0, 0.05) is 12.6 Å². The average molecular weight is 311 g/mol. The number of nitrogens with zero attached hydrogens (tertiary/aromatic N) is 3. The van der Waals surface area contributed by atoms with E-state index in [4.69, 9.17) is 6.42 Å². The Hall–Kier alpha value is -2.65. The van der Waals surface area contributed by atoms with E-state index < -0.39 is 0 Å². The minimum atomic E-state index is -0.368. The van der Waals surface area contributed by atoms with E-state index in [1.165, 1.54) is 4.57 Å². The van der Waals surface area contributed by atoms with Gasteiger partial charge in [-0.1, -0.05) is 38.0 Å². The van der Waals surface area contributed by atoms with Crippen LogP contribution in [0.5, 0.6) is 0 Å². The number of aryl methyl sites for hydroxylation is 2. The van der Waals surface area contributed by atoms with Crippen molar-refractivity contribution >= 4 is 5.95 Å². The highest BCUT2D eigenvalue weighted by Crippen LogP contribution is 2.26. The Bertz CT molecular complexity index is 766. The molecular formula is C17H21N5O. The summed E-state index contributed by atoms with van der Waals surface area (Å²) in [7, 11) is 1.68. The van der Waals surface area contributed by atoms with Crippen LogP contribution in [0.3, 0.4) is 0 Å². The fraction of sp³-hybridized carbons (Fsp3) is 0.353. The van der Waals surface area contributed by atoms with Crippen molar-refractivity contribution in [3.8, 4) is 23.7 Å². The van der Waals surface area contributed by atoms with Crippen LogP contribution in [0, 0.1) is 12.3 Å². The van der Waals surface area contributed by atoms with E-state index >= 15 is 0 Å². The summed E-state index contributed by atoms with van der Waals surface area (Å²) < 4.78 is 1.47. The fourth-order valence-corrected chi connectivity index (χ4v) is 2.44. The summed E-state index contributed by atoms with van der Waals surface area (Å²) in [4.78, 5) is 20.6. The van der Waals surface area contributed by atoms with Crippen molar-refractivity contribution in [3.05, 3.63) is 39.8 Å². The topological polar surface area (TPSA) is 71.8 Å². The molecule has 2 N–H and O–H groups in total. The van der Waals surface area contributed by atoms with E-state index in [0.29, 0.717) is 12.4 Å². The summed E-state index contributed by atoms with van der Waals surface area (Å²) >= 11 is 0. The highest BCUT2D eigenvalue weighted by Gasteiger charge is 2.15. The first kappa shape index (κ1) is 16.7. The average Bonchev–Trinajstić information content (AvgIpc) is 2.57. The van der Waals surface area contributed by atoms with Gasteiger partial charge in [-0.15, -0.1) is 6.42 Å². The molecule has 0 bridgehead atoms. The minimum Gasteiger partial charge on any atom is -0.289 e. The van der Waals surface area contributed by atoms with Crippen LogP contribution in [0.2, 0.25) is 0 Å². The highest BCUT2D eigenvalue weighted by atomic mass is 16.1. The van der Waals surface area contributed by atoms with E-state index in [1.54, 1.807) is 7.05 Å². The molecule has 0 fully saturated rings. The molecule has 1 aromatic carbocycles. The predicted octanol–water partition coefficient (Wildman–Crippen LogP) is 1.52. The molecule has 0 spiro atoms. The van der Waals surface area contributed by atoms with Gasteiger partial charge in [-0.2, -0.15) is 9.97 Å². The van der Waals surface area contributed by atoms with Gasteiger partial charge >= 0.3 is 5.69 Å². The summed E-state index contributed by atoms with van der Waals surface area (Å²) in [5.41, 5.74) is 8.48. The molecule has 0 unspecified atom stereocenters. The van der Waals surface area contributed by atoms with Gasteiger partial charge in [0.15, 0.2) is 0 Å². The van der Waals surface area contributed by atoms with E-state index in [0.717, 1.165) is 29.5 Å². The molecule has 6 nitrogen and oxygen atoms in total. The minimum absolute atomic E-state index is 0.214. The summed E-state index contributed by atoms with van der Waals surface area (Å²) in [6.45, 7) is 4.48. The molecule has 120 valence electrons. The van der Waals surface area contributed by atoms with Crippen LogP contribution in [0.1, 0.15) is 25.0 Å². The Morgan fingerprint density at radius 2 is 1.87 bits per heavy atom. The van der Waals surface area contributed by atoms with Crippen molar-refractivity contribution in [2.24, 2.45) is 7.05 Å². The third kappa shape index (κ3) is 3.58. The Kier molecular flexibility index (Phi) is 5.50. The largest absolute Gasteiger partial charge is 0.352 e. The Labute approximate surface area is 136 Å². The lowest BCUT2D eigenvalue weighted by molar-refractivity contribution is 0.767. The van der Waals surface area contributed by atoms with Crippen LogP contribution < -0.4 is 16.5 Å². The zero-order chi connectivity index (χ0) is 16.8. The maximum atomic E-state index is 12.2. The summed E-state index contributed by atoms with van der Waals surface area (Å²) in [5, 5.41) is 0. The van der Waals surface area contributed by atoms with Gasteiger partial charge in [0.25, 0.3) is 0 Å². The summed E-state index contributed by atoms with van der Waals surface area (Å²) in [6, 6.07) is 6.16. The third-order valence-corrected chi connectivity index (χ3v) is 3.63. The SMILES string of the molecule is C#CCNNc1nc(-c2c(CC)cccc2CC)n(C)c(=O)n1. The van der Waals surface area contributed by atoms with Crippen LogP contribution in [-0.2, 0) is 19.9 Å². The quantitative estimate of drug-likeness (QED) is 0.481. The molecule has 0 aliphatic heterocycles. The number of hydrogen-bond acceptors (Lipinski definition) is 5. The molecule has 0 saturated carbocycles. The number of nitrogens with one attached hydrogen (secondary N) is 2. The number of aromatic nitrogens is 3. The Morgan fingerprint density at radius 1 is 1.22 bits per heavy atom. The molecule has 0 aliphatic carbocycles. The molecule has 1 aromatic heterocycles. The Balaban J connectivity index is 2.59. The van der Waals surface area contributed by atoms with Crippen LogP contribution in [-0.4, -0.2) is 21.1 Å². The molecule has 2 aromatic rings. The first-order valence-corrected chi connectivity index (χ1v) is 7.60. The van der Waals surface area contributed by atoms with Crippen molar-refractivity contribution in [2.75, 3.05) is 12.0 Å². The van der Waals surface area contributed by atoms with Crippen molar-refractivity contribution in [1.29, 1.82) is 0 Å². The van der Waals surface area contributed by atoms with Gasteiger partial charge in [0.2, 0.25) is 5.95 Å². The summed E-state index contributed by atoms with van der Waals surface area (Å²) in [6.07, 6.45) is 6.91. The first-order chi connectivity index (χ1) is 11.1. The number of terminal acetylenes is 1. The van der Waals surface area contributed by atoms with E-state index in [-0.39, 0.29) is 11.6 Å². The molecule has 0 aliphatic rings. The molecule has 0 atom stereocenters. The van der Waals surface area contributed by atoms with Gasteiger partial charge in [-0.05, 0) is 24.0 Å². The van der Waals surface area contributed by atoms with Crippen LogP contribution in [0.15, 0.2) is 23.0 Å². The first-order valence-electron chi connectivity index (χ1n) is 7.60. The smallest absolute Gasteiger partial charge is 0.289 e. The highest BCUT2D eigenvalue weighted by molar-refractivity contribution is 5.66. The van der Waals surface area contributed by atoms with Gasteiger partial charge in [0.05, 0.1) is 6.54 Å². The van der Waals surface area contributed by atoms with Gasteiger partial charge in [-0.25, -0.2) is 10.2 Å². The molecule has 1 heterocycles. The normalized spacial score (nSPS) is 10.3. The maximum absolute atomic E-state index is 12.2. The molecular weight excluding hydrogens is 290 g/mol. The molecule has 0 amide bonds. The van der Waals surface area contributed by atoms with Gasteiger partial charge in [-0.3, -0.25) is 9.99 Å². The standard InChI is InChI=1S/C17H21N5O/c1-5-11-18-21-16-19-15(22(4)17(23)20-16)14-12(6-2)9-8-10-13(14)7-3/h1,8-10,18H,6-7,11H2,2-4H3,(H,20,21,23). The second-order valence-electron chi connectivity index (χ2n) is 5.05. The van der Waals surface area contributed by atoms with Gasteiger partial charge in [0.1, 0.15) is 5.82 Å². The lowest BCUT2D eigenvalue weighted by Gasteiger charge is -2.16. The third-order valence-electron chi connectivity index (χ3n) is 3.63. The molecule has 0 radical (unpaired) electrons. The van der Waals surface area contributed by atoms with E-state index in [9.17, 15) is 4.79 Å². The maximum Gasteiger partial charge on any atom is 0.352 e. The van der Waals surface area contributed by atoms with Crippen LogP contribution in [0.4, 0.5) is 5.95 Å². The van der Waals surface area contributed by atoms with Crippen molar-refractivity contribution < 1.29 is 0 Å². The molecule has 23 heavy (non-hydrogen) atoms. The fourth-order valence-electron chi connectivity index (χ4n) is 2.44. The second-order valence-corrected chi connectivity index (χ2v) is 5.05. The lowest BCUT2D eigenvalue weighted by atomic mass is 9.97. The number of hydrazine groups is 1. The lowest BCUT2D eigenvalue weighted by Crippen LogP contribution is -2.29. The predicted molar refractivity (Wildman–Crippen MR) is 91.9 cm³/mol. The number of benzene rings is 1. The number of anilines is 1. The monoisotopic (exact) mass is 311 g/mol. The summed E-state index contributed by atoms with van der Waals surface area (Å²) in [5.74, 6) is 3.25. The molecule has 2 rings (SSSR count). The molecule has 6 heteroatoms. The number of hydrogen-bond donors (Lipinski definition) is 2. The van der Waals surface area contributed by atoms with Gasteiger partial charge < -0.3 is 0 Å². The number of rotatable bonds is 6. The van der Waals surface area contributed by atoms with Crippen LogP contribution in [0.25, 0.3) is 11.4 Å². The second kappa shape index (κ2) is 7.56. The zero-order valence-electron chi connectivity index (χ0n) is 13.7. The van der Waals surface area contributed by atoms with Crippen molar-refractivity contribution in [3.63, 3.8) is 0 Å². The van der Waals surface area contributed by atoms with Crippen molar-refractivity contribution in [2.45, 2.75) is 26.7 Å². The Morgan fingerprint density at radius 3 is 2.43 bits per heavy atom.